The van der Waals surface area contributed by atoms with Gasteiger partial charge in [-0.3, -0.25) is 0 Å². The van der Waals surface area contributed by atoms with E-state index in [4.69, 9.17) is 21.1 Å². The molecular weight excluding hydrogens is 228 g/mol. The van der Waals surface area contributed by atoms with Crippen LogP contribution in [0.15, 0.2) is 12.1 Å². The van der Waals surface area contributed by atoms with Gasteiger partial charge < -0.3 is 14.6 Å². The van der Waals surface area contributed by atoms with Crippen LogP contribution >= 0.6 is 11.6 Å². The molecule has 4 heteroatoms. The molecule has 16 heavy (non-hydrogen) atoms. The normalized spacial score (nSPS) is 15.0. The number of rotatable bonds is 2. The molecule has 0 radical (unpaired) electrons. The highest BCUT2D eigenvalue weighted by Gasteiger charge is 2.28. The summed E-state index contributed by atoms with van der Waals surface area (Å²) in [5.41, 5.74) is 0.559. The molecular formula is C12H15ClO3. The first-order valence-corrected chi connectivity index (χ1v) is 5.63. The Morgan fingerprint density at radius 2 is 1.88 bits per heavy atom. The molecule has 0 saturated heterocycles. The predicted octanol–water partition coefficient (Wildman–Crippen LogP) is 2.38. The van der Waals surface area contributed by atoms with Crippen LogP contribution in [0.4, 0.5) is 0 Å². The third-order valence-corrected chi connectivity index (χ3v) is 3.06. The van der Waals surface area contributed by atoms with Crippen LogP contribution in [0.1, 0.15) is 19.4 Å². The van der Waals surface area contributed by atoms with Crippen molar-refractivity contribution < 1.29 is 14.6 Å². The minimum atomic E-state index is -0.366. The SMILES string of the molecule is CC(C)(CO)c1ccc(Cl)c2c1OCCO2. The van der Waals surface area contributed by atoms with Crippen molar-refractivity contribution in [1.82, 2.24) is 0 Å². The number of halogens is 1. The molecule has 0 unspecified atom stereocenters. The molecule has 1 aromatic rings. The Hall–Kier alpha value is -0.930. The van der Waals surface area contributed by atoms with Crippen molar-refractivity contribution in [2.75, 3.05) is 19.8 Å². The summed E-state index contributed by atoms with van der Waals surface area (Å²) < 4.78 is 11.1. The Labute approximate surface area is 99.9 Å². The molecule has 0 fully saturated rings. The molecule has 0 aliphatic carbocycles. The van der Waals surface area contributed by atoms with Crippen molar-refractivity contribution >= 4 is 11.6 Å². The van der Waals surface area contributed by atoms with Gasteiger partial charge in [0.1, 0.15) is 13.2 Å². The van der Waals surface area contributed by atoms with Crippen molar-refractivity contribution in [2.24, 2.45) is 0 Å². The van der Waals surface area contributed by atoms with Gasteiger partial charge in [0.25, 0.3) is 0 Å². The Morgan fingerprint density at radius 3 is 2.50 bits per heavy atom. The third-order valence-electron chi connectivity index (χ3n) is 2.76. The number of ether oxygens (including phenoxy) is 2. The number of hydrogen-bond acceptors (Lipinski definition) is 3. The topological polar surface area (TPSA) is 38.7 Å². The maximum absolute atomic E-state index is 9.39. The predicted molar refractivity (Wildman–Crippen MR) is 62.6 cm³/mol. The molecule has 0 saturated carbocycles. The molecule has 0 aromatic heterocycles. The van der Waals surface area contributed by atoms with Gasteiger partial charge in [0.15, 0.2) is 11.5 Å². The van der Waals surface area contributed by atoms with Crippen LogP contribution in [0.3, 0.4) is 0 Å². The summed E-state index contributed by atoms with van der Waals surface area (Å²) in [6.07, 6.45) is 0. The minimum absolute atomic E-state index is 0.0461. The van der Waals surface area contributed by atoms with E-state index in [0.717, 1.165) is 5.56 Å². The second-order valence-corrected chi connectivity index (χ2v) is 4.90. The van der Waals surface area contributed by atoms with Gasteiger partial charge in [-0.2, -0.15) is 0 Å². The van der Waals surface area contributed by atoms with Crippen LogP contribution in [-0.4, -0.2) is 24.9 Å². The number of aliphatic hydroxyl groups is 1. The van der Waals surface area contributed by atoms with E-state index in [1.54, 1.807) is 6.07 Å². The maximum atomic E-state index is 9.39. The fourth-order valence-corrected chi connectivity index (χ4v) is 1.93. The van der Waals surface area contributed by atoms with Crippen LogP contribution in [0, 0.1) is 0 Å². The van der Waals surface area contributed by atoms with Crippen molar-refractivity contribution in [3.63, 3.8) is 0 Å². The third kappa shape index (κ3) is 1.85. The zero-order valence-corrected chi connectivity index (χ0v) is 10.2. The van der Waals surface area contributed by atoms with Gasteiger partial charge in [0.2, 0.25) is 0 Å². The second-order valence-electron chi connectivity index (χ2n) is 4.49. The molecule has 1 heterocycles. The molecule has 1 aromatic carbocycles. The summed E-state index contributed by atoms with van der Waals surface area (Å²) in [7, 11) is 0. The first-order chi connectivity index (χ1) is 7.56. The Balaban J connectivity index is 2.55. The van der Waals surface area contributed by atoms with Gasteiger partial charge in [-0.15, -0.1) is 0 Å². The fraction of sp³-hybridized carbons (Fsp3) is 0.500. The van der Waals surface area contributed by atoms with Crippen LogP contribution < -0.4 is 9.47 Å². The Bertz CT molecular complexity index is 401. The van der Waals surface area contributed by atoms with E-state index in [-0.39, 0.29) is 12.0 Å². The highest BCUT2D eigenvalue weighted by Crippen LogP contribution is 2.44. The average Bonchev–Trinajstić information content (AvgIpc) is 2.29. The summed E-state index contributed by atoms with van der Waals surface area (Å²) in [5.74, 6) is 1.25. The highest BCUT2D eigenvalue weighted by atomic mass is 35.5. The van der Waals surface area contributed by atoms with Crippen LogP contribution in [0.2, 0.25) is 5.02 Å². The Morgan fingerprint density at radius 1 is 1.25 bits per heavy atom. The monoisotopic (exact) mass is 242 g/mol. The van der Waals surface area contributed by atoms with E-state index < -0.39 is 0 Å². The molecule has 0 bridgehead atoms. The second kappa shape index (κ2) is 4.15. The average molecular weight is 243 g/mol. The van der Waals surface area contributed by atoms with Gasteiger partial charge in [0, 0.05) is 11.0 Å². The zero-order chi connectivity index (χ0) is 11.8. The van der Waals surface area contributed by atoms with E-state index in [1.807, 2.05) is 19.9 Å². The lowest BCUT2D eigenvalue weighted by molar-refractivity contribution is 0.161. The summed E-state index contributed by atoms with van der Waals surface area (Å²) in [4.78, 5) is 0. The lowest BCUT2D eigenvalue weighted by atomic mass is 9.84. The van der Waals surface area contributed by atoms with Crippen molar-refractivity contribution in [2.45, 2.75) is 19.3 Å². The molecule has 0 spiro atoms. The lowest BCUT2D eigenvalue weighted by Gasteiger charge is -2.29. The molecule has 1 N–H and O–H groups in total. The summed E-state index contributed by atoms with van der Waals surface area (Å²) in [5, 5.41) is 9.94. The molecule has 1 aliphatic heterocycles. The molecule has 0 amide bonds. The van der Waals surface area contributed by atoms with Gasteiger partial charge in [-0.25, -0.2) is 0 Å². The molecule has 88 valence electrons. The van der Waals surface area contributed by atoms with E-state index >= 15 is 0 Å². The smallest absolute Gasteiger partial charge is 0.180 e. The highest BCUT2D eigenvalue weighted by molar-refractivity contribution is 6.32. The summed E-state index contributed by atoms with van der Waals surface area (Å²) >= 11 is 6.04. The van der Waals surface area contributed by atoms with Crippen LogP contribution in [0.5, 0.6) is 11.5 Å². The molecule has 0 atom stereocenters. The van der Waals surface area contributed by atoms with Gasteiger partial charge >= 0.3 is 0 Å². The van der Waals surface area contributed by atoms with E-state index in [9.17, 15) is 5.11 Å². The molecule has 1 aliphatic rings. The standard InChI is InChI=1S/C12H15ClO3/c1-12(2,7-14)8-3-4-9(13)11-10(8)15-5-6-16-11/h3-4,14H,5-7H2,1-2H3. The fourth-order valence-electron chi connectivity index (χ4n) is 1.72. The van der Waals surface area contributed by atoms with Gasteiger partial charge in [0.05, 0.1) is 11.6 Å². The number of aliphatic hydroxyl groups excluding tert-OH is 1. The maximum Gasteiger partial charge on any atom is 0.180 e. The van der Waals surface area contributed by atoms with Crippen molar-refractivity contribution in [3.05, 3.63) is 22.7 Å². The van der Waals surface area contributed by atoms with Crippen molar-refractivity contribution in [3.8, 4) is 11.5 Å². The van der Waals surface area contributed by atoms with Gasteiger partial charge in [-0.05, 0) is 6.07 Å². The first kappa shape index (κ1) is 11.6. The minimum Gasteiger partial charge on any atom is -0.486 e. The lowest BCUT2D eigenvalue weighted by Crippen LogP contribution is -2.26. The molecule has 3 nitrogen and oxygen atoms in total. The summed E-state index contributed by atoms with van der Waals surface area (Å²) in [6, 6.07) is 3.66. The Kier molecular flexibility index (Phi) is 3.00. The van der Waals surface area contributed by atoms with E-state index in [1.165, 1.54) is 0 Å². The largest absolute Gasteiger partial charge is 0.486 e. The van der Waals surface area contributed by atoms with Crippen LogP contribution in [-0.2, 0) is 5.41 Å². The van der Waals surface area contributed by atoms with Gasteiger partial charge in [-0.1, -0.05) is 31.5 Å². The van der Waals surface area contributed by atoms with E-state index in [2.05, 4.69) is 0 Å². The summed E-state index contributed by atoms with van der Waals surface area (Å²) in [6.45, 7) is 4.98. The zero-order valence-electron chi connectivity index (χ0n) is 9.42. The quantitative estimate of drug-likeness (QED) is 0.866. The number of benzene rings is 1. The molecule has 2 rings (SSSR count). The van der Waals surface area contributed by atoms with Crippen LogP contribution in [0.25, 0.3) is 0 Å². The van der Waals surface area contributed by atoms with E-state index in [0.29, 0.717) is 29.7 Å². The van der Waals surface area contributed by atoms with Crippen molar-refractivity contribution in [1.29, 1.82) is 0 Å². The number of fused-ring (bicyclic) bond motifs is 1. The first-order valence-electron chi connectivity index (χ1n) is 5.26. The number of hydrogen-bond donors (Lipinski definition) is 1.